The Kier molecular flexibility index (Phi) is 6.07. The lowest BCUT2D eigenvalue weighted by Gasteiger charge is -1.94. The van der Waals surface area contributed by atoms with Crippen LogP contribution in [0.2, 0.25) is 15.1 Å². The van der Waals surface area contributed by atoms with E-state index in [1.807, 2.05) is 30.3 Å². The number of hydrogen-bond donors (Lipinski definition) is 1. The maximum Gasteiger partial charge on any atom is 0.0778 e. The van der Waals surface area contributed by atoms with Crippen LogP contribution in [0, 0.1) is 0 Å². The summed E-state index contributed by atoms with van der Waals surface area (Å²) in [6.07, 6.45) is 0. The van der Waals surface area contributed by atoms with E-state index in [4.69, 9.17) is 34.8 Å². The first-order chi connectivity index (χ1) is 7.61. The maximum atomic E-state index is 5.61. The Morgan fingerprint density at radius 3 is 1.50 bits per heavy atom. The van der Waals surface area contributed by atoms with Gasteiger partial charge < -0.3 is 0 Å². The normalized spacial score (nSPS) is 9.25. The molecule has 0 aliphatic carbocycles. The molecular formula is C12H9Cl3S. The van der Waals surface area contributed by atoms with Gasteiger partial charge in [0, 0.05) is 4.90 Å². The Hall–Kier alpha value is -0.340. The zero-order valence-corrected chi connectivity index (χ0v) is 11.4. The lowest BCUT2D eigenvalue weighted by molar-refractivity contribution is 1.48. The van der Waals surface area contributed by atoms with Crippen LogP contribution < -0.4 is 0 Å². The highest BCUT2D eigenvalue weighted by Gasteiger charge is 1.98. The van der Waals surface area contributed by atoms with Crippen LogP contribution in [-0.4, -0.2) is 0 Å². The average molecular weight is 292 g/mol. The number of benzene rings is 2. The summed E-state index contributed by atoms with van der Waals surface area (Å²) in [4.78, 5) is 1.02. The van der Waals surface area contributed by atoms with Crippen molar-refractivity contribution in [2.75, 3.05) is 0 Å². The number of halogens is 3. The number of thiol groups is 1. The molecule has 0 unspecified atom stereocenters. The lowest BCUT2D eigenvalue weighted by Crippen LogP contribution is -1.67. The van der Waals surface area contributed by atoms with E-state index in [1.54, 1.807) is 18.2 Å². The third kappa shape index (κ3) is 4.67. The second-order valence-corrected chi connectivity index (χ2v) is 4.58. The minimum absolute atomic E-state index is 0.417. The lowest BCUT2D eigenvalue weighted by atomic mass is 10.4. The number of hydrogen-bond acceptors (Lipinski definition) is 1. The fourth-order valence-corrected chi connectivity index (χ4v) is 1.60. The van der Waals surface area contributed by atoms with E-state index < -0.39 is 0 Å². The van der Waals surface area contributed by atoms with Crippen LogP contribution in [0.15, 0.2) is 53.4 Å². The molecule has 16 heavy (non-hydrogen) atoms. The summed E-state index contributed by atoms with van der Waals surface area (Å²) in [6, 6.07) is 14.9. The Labute approximate surface area is 116 Å². The molecule has 0 amide bonds. The molecule has 0 saturated heterocycles. The van der Waals surface area contributed by atoms with Crippen molar-refractivity contribution in [2.45, 2.75) is 4.90 Å². The van der Waals surface area contributed by atoms with Gasteiger partial charge in [0.25, 0.3) is 0 Å². The van der Waals surface area contributed by atoms with Crippen LogP contribution in [0.4, 0.5) is 0 Å². The predicted molar refractivity (Wildman–Crippen MR) is 75.2 cm³/mol. The second kappa shape index (κ2) is 7.08. The zero-order chi connectivity index (χ0) is 12.0. The van der Waals surface area contributed by atoms with E-state index in [1.165, 1.54) is 0 Å². The zero-order valence-electron chi connectivity index (χ0n) is 8.20. The molecule has 2 aromatic rings. The molecule has 0 radical (unpaired) electrons. The molecule has 0 spiro atoms. The predicted octanol–water partition coefficient (Wildman–Crippen LogP) is 5.62. The Morgan fingerprint density at radius 1 is 0.688 bits per heavy atom. The molecule has 4 heteroatoms. The van der Waals surface area contributed by atoms with Gasteiger partial charge in [0.2, 0.25) is 0 Å². The molecule has 0 N–H and O–H groups in total. The quantitative estimate of drug-likeness (QED) is 0.472. The highest BCUT2D eigenvalue weighted by Crippen LogP contribution is 2.28. The van der Waals surface area contributed by atoms with Crippen molar-refractivity contribution in [3.05, 3.63) is 63.6 Å². The first-order valence-corrected chi connectivity index (χ1v) is 6.03. The van der Waals surface area contributed by atoms with Gasteiger partial charge >= 0.3 is 0 Å². The minimum atomic E-state index is 0.417. The molecule has 0 heterocycles. The molecule has 0 aromatic heterocycles. The fraction of sp³-hybridized carbons (Fsp3) is 0. The molecule has 2 rings (SSSR count). The van der Waals surface area contributed by atoms with E-state index in [0.717, 1.165) is 4.90 Å². The SMILES string of the molecule is Clc1cccc(Cl)c1Cl.Sc1ccccc1. The topological polar surface area (TPSA) is 0 Å². The van der Waals surface area contributed by atoms with Crippen molar-refractivity contribution in [2.24, 2.45) is 0 Å². The van der Waals surface area contributed by atoms with Crippen LogP contribution in [0.25, 0.3) is 0 Å². The van der Waals surface area contributed by atoms with E-state index in [-0.39, 0.29) is 0 Å². The Morgan fingerprint density at radius 2 is 1.19 bits per heavy atom. The van der Waals surface area contributed by atoms with Crippen LogP contribution in [-0.2, 0) is 0 Å². The molecular weight excluding hydrogens is 283 g/mol. The maximum absolute atomic E-state index is 5.61. The monoisotopic (exact) mass is 290 g/mol. The molecule has 0 atom stereocenters. The first kappa shape index (κ1) is 13.7. The minimum Gasteiger partial charge on any atom is -0.143 e. The molecule has 0 fully saturated rings. The third-order valence-electron chi connectivity index (χ3n) is 1.66. The summed E-state index contributed by atoms with van der Waals surface area (Å²) < 4.78 is 0. The van der Waals surface area contributed by atoms with Gasteiger partial charge in [-0.05, 0) is 24.3 Å². The van der Waals surface area contributed by atoms with Gasteiger partial charge in [0.05, 0.1) is 15.1 Å². The molecule has 0 saturated carbocycles. The van der Waals surface area contributed by atoms with Gasteiger partial charge in [-0.25, -0.2) is 0 Å². The van der Waals surface area contributed by atoms with Gasteiger partial charge in [-0.3, -0.25) is 0 Å². The van der Waals surface area contributed by atoms with Crippen molar-refractivity contribution in [1.29, 1.82) is 0 Å². The van der Waals surface area contributed by atoms with E-state index in [9.17, 15) is 0 Å². The highest BCUT2D eigenvalue weighted by atomic mass is 35.5. The Balaban J connectivity index is 0.000000165. The average Bonchev–Trinajstić information content (AvgIpc) is 2.28. The molecule has 0 aliphatic heterocycles. The van der Waals surface area contributed by atoms with Gasteiger partial charge in [0.15, 0.2) is 0 Å². The van der Waals surface area contributed by atoms with E-state index >= 15 is 0 Å². The van der Waals surface area contributed by atoms with Crippen molar-refractivity contribution >= 4 is 47.4 Å². The number of rotatable bonds is 0. The van der Waals surface area contributed by atoms with Crippen LogP contribution in [0.1, 0.15) is 0 Å². The summed E-state index contributed by atoms with van der Waals surface area (Å²) in [5.74, 6) is 0. The summed E-state index contributed by atoms with van der Waals surface area (Å²) in [6.45, 7) is 0. The third-order valence-corrected chi connectivity index (χ3v) is 3.19. The smallest absolute Gasteiger partial charge is 0.0778 e. The van der Waals surface area contributed by atoms with Crippen LogP contribution in [0.5, 0.6) is 0 Å². The van der Waals surface area contributed by atoms with Crippen molar-refractivity contribution < 1.29 is 0 Å². The van der Waals surface area contributed by atoms with Gasteiger partial charge in [-0.2, -0.15) is 0 Å². The van der Waals surface area contributed by atoms with Crippen LogP contribution in [0.3, 0.4) is 0 Å². The molecule has 0 aliphatic rings. The Bertz CT molecular complexity index is 423. The van der Waals surface area contributed by atoms with E-state index in [0.29, 0.717) is 15.1 Å². The first-order valence-electron chi connectivity index (χ1n) is 4.45. The summed E-state index contributed by atoms with van der Waals surface area (Å²) in [5.41, 5.74) is 0. The van der Waals surface area contributed by atoms with Crippen LogP contribution >= 0.6 is 47.4 Å². The van der Waals surface area contributed by atoms with Gasteiger partial charge in [-0.15, -0.1) is 12.6 Å². The molecule has 0 bridgehead atoms. The van der Waals surface area contributed by atoms with Crippen molar-refractivity contribution in [3.8, 4) is 0 Å². The largest absolute Gasteiger partial charge is 0.143 e. The second-order valence-electron chi connectivity index (χ2n) is 2.87. The highest BCUT2D eigenvalue weighted by molar-refractivity contribution is 7.80. The molecule has 84 valence electrons. The molecule has 0 nitrogen and oxygen atoms in total. The fourth-order valence-electron chi connectivity index (χ4n) is 0.905. The van der Waals surface area contributed by atoms with E-state index in [2.05, 4.69) is 12.6 Å². The summed E-state index contributed by atoms with van der Waals surface area (Å²) >= 11 is 20.9. The van der Waals surface area contributed by atoms with Crippen molar-refractivity contribution in [1.82, 2.24) is 0 Å². The van der Waals surface area contributed by atoms with Crippen molar-refractivity contribution in [3.63, 3.8) is 0 Å². The standard InChI is InChI=1S/C6H3Cl3.C6H6S/c7-4-2-1-3-5(8)6(4)9;7-6-4-2-1-3-5-6/h1-3H;1-5,7H. The molecule has 2 aromatic carbocycles. The summed E-state index contributed by atoms with van der Waals surface area (Å²) in [7, 11) is 0. The van der Waals surface area contributed by atoms with Gasteiger partial charge in [0.1, 0.15) is 0 Å². The summed E-state index contributed by atoms with van der Waals surface area (Å²) in [5, 5.41) is 1.40. The van der Waals surface area contributed by atoms with Gasteiger partial charge in [-0.1, -0.05) is 59.1 Å².